The molecule has 2 N–H and O–H groups in total. The van der Waals surface area contributed by atoms with Crippen molar-refractivity contribution in [3.05, 3.63) is 47.7 Å². The molecule has 2 aliphatic heterocycles. The first-order chi connectivity index (χ1) is 13.3. The van der Waals surface area contributed by atoms with Gasteiger partial charge in [-0.05, 0) is 31.4 Å². The van der Waals surface area contributed by atoms with E-state index in [2.05, 4.69) is 10.6 Å². The second kappa shape index (κ2) is 6.52. The molecule has 2 aromatic carbocycles. The van der Waals surface area contributed by atoms with Crippen molar-refractivity contribution in [2.24, 2.45) is 0 Å². The number of carbonyl (C=O) groups excluding carboxylic acids is 2. The minimum Gasteiger partial charge on any atom is -0.463 e. The lowest BCUT2D eigenvalue weighted by Crippen LogP contribution is -2.51. The van der Waals surface area contributed by atoms with Crippen molar-refractivity contribution >= 4 is 38.5 Å². The summed E-state index contributed by atoms with van der Waals surface area (Å²) in [5.74, 6) is -0.593. The van der Waals surface area contributed by atoms with Gasteiger partial charge in [0.25, 0.3) is 10.0 Å². The average molecular weight is 401 g/mol. The van der Waals surface area contributed by atoms with Gasteiger partial charge in [0, 0.05) is 5.39 Å². The third kappa shape index (κ3) is 2.70. The molecule has 2 heterocycles. The van der Waals surface area contributed by atoms with Crippen LogP contribution in [0.1, 0.15) is 13.8 Å². The maximum atomic E-state index is 13.2. The lowest BCUT2D eigenvalue weighted by Gasteiger charge is -2.29. The monoisotopic (exact) mass is 401 g/mol. The zero-order chi connectivity index (χ0) is 20.1. The number of anilines is 1. The highest BCUT2D eigenvalue weighted by Crippen LogP contribution is 2.42. The molecule has 4 rings (SSSR count). The Balaban J connectivity index is 1.84. The van der Waals surface area contributed by atoms with E-state index in [0.717, 1.165) is 5.39 Å². The predicted octanol–water partition coefficient (Wildman–Crippen LogP) is 1.87. The maximum Gasteiger partial charge on any atom is 0.337 e. The minimum atomic E-state index is -3.82. The largest absolute Gasteiger partial charge is 0.463 e. The van der Waals surface area contributed by atoms with E-state index in [9.17, 15) is 18.0 Å². The van der Waals surface area contributed by atoms with Crippen LogP contribution in [0.15, 0.2) is 52.6 Å². The number of rotatable bonds is 4. The number of esters is 1. The molecule has 2 aliphatic rings. The molecule has 0 aromatic heterocycles. The topological polar surface area (TPSA) is 105 Å². The van der Waals surface area contributed by atoms with Gasteiger partial charge in [0.2, 0.25) is 0 Å². The Bertz CT molecular complexity index is 1130. The zero-order valence-corrected chi connectivity index (χ0v) is 16.2. The van der Waals surface area contributed by atoms with Gasteiger partial charge in [-0.1, -0.05) is 24.3 Å². The highest BCUT2D eigenvalue weighted by Gasteiger charge is 2.38. The van der Waals surface area contributed by atoms with E-state index in [4.69, 9.17) is 4.74 Å². The van der Waals surface area contributed by atoms with Crippen molar-refractivity contribution in [1.82, 2.24) is 10.6 Å². The van der Waals surface area contributed by atoms with E-state index in [1.54, 1.807) is 38.1 Å². The molecule has 2 aromatic rings. The lowest BCUT2D eigenvalue weighted by atomic mass is 10.0. The number of amides is 2. The zero-order valence-electron chi connectivity index (χ0n) is 15.4. The summed E-state index contributed by atoms with van der Waals surface area (Å²) in [5.41, 5.74) is 0.937. The van der Waals surface area contributed by atoms with E-state index in [-0.39, 0.29) is 29.3 Å². The Morgan fingerprint density at radius 2 is 1.93 bits per heavy atom. The highest BCUT2D eigenvalue weighted by atomic mass is 32.2. The Kier molecular flexibility index (Phi) is 4.26. The molecule has 146 valence electrons. The van der Waals surface area contributed by atoms with Gasteiger partial charge in [0.1, 0.15) is 0 Å². The summed E-state index contributed by atoms with van der Waals surface area (Å²) in [6.07, 6.45) is 0. The van der Waals surface area contributed by atoms with Crippen molar-refractivity contribution < 1.29 is 22.7 Å². The molecular weight excluding hydrogens is 382 g/mol. The van der Waals surface area contributed by atoms with Crippen LogP contribution in [0, 0.1) is 0 Å². The molecule has 0 bridgehead atoms. The van der Waals surface area contributed by atoms with Crippen molar-refractivity contribution in [2.75, 3.05) is 17.5 Å². The number of nitrogens with zero attached hydrogens (tertiary/aromatic N) is 1. The molecule has 28 heavy (non-hydrogen) atoms. The van der Waals surface area contributed by atoms with Crippen LogP contribution in [0.4, 0.5) is 10.5 Å². The molecule has 8 nitrogen and oxygen atoms in total. The Hall–Kier alpha value is -3.07. The molecule has 0 saturated carbocycles. The van der Waals surface area contributed by atoms with Gasteiger partial charge in [-0.15, -0.1) is 0 Å². The van der Waals surface area contributed by atoms with Crippen LogP contribution >= 0.6 is 0 Å². The van der Waals surface area contributed by atoms with Gasteiger partial charge in [0.15, 0.2) is 0 Å². The Labute approximate surface area is 162 Å². The van der Waals surface area contributed by atoms with E-state index in [1.165, 1.54) is 4.31 Å². The first kappa shape index (κ1) is 18.3. The fourth-order valence-corrected chi connectivity index (χ4v) is 5.35. The van der Waals surface area contributed by atoms with Crippen LogP contribution in [0.5, 0.6) is 0 Å². The average Bonchev–Trinajstić information content (AvgIpc) is 2.85. The van der Waals surface area contributed by atoms with Gasteiger partial charge in [-0.2, -0.15) is 0 Å². The second-order valence-corrected chi connectivity index (χ2v) is 8.41. The van der Waals surface area contributed by atoms with Crippen molar-refractivity contribution in [2.45, 2.75) is 24.8 Å². The number of sulfonamides is 1. The molecular formula is C19H19N3O5S. The summed E-state index contributed by atoms with van der Waals surface area (Å²) >= 11 is 0. The van der Waals surface area contributed by atoms with Gasteiger partial charge < -0.3 is 15.4 Å². The second-order valence-electron chi connectivity index (χ2n) is 6.58. The van der Waals surface area contributed by atoms with E-state index in [1.807, 2.05) is 12.1 Å². The first-order valence-corrected chi connectivity index (χ1v) is 10.3. The maximum absolute atomic E-state index is 13.2. The van der Waals surface area contributed by atoms with Gasteiger partial charge in [-0.25, -0.2) is 18.0 Å². The fraction of sp³-hybridized carbons (Fsp3) is 0.263. The predicted molar refractivity (Wildman–Crippen MR) is 103 cm³/mol. The summed E-state index contributed by atoms with van der Waals surface area (Å²) in [5, 5.41) is 6.63. The van der Waals surface area contributed by atoms with Crippen LogP contribution in [0.25, 0.3) is 10.8 Å². The van der Waals surface area contributed by atoms with Crippen LogP contribution in [0.3, 0.4) is 0 Å². The third-order valence-electron chi connectivity index (χ3n) is 4.85. The van der Waals surface area contributed by atoms with Crippen molar-refractivity contribution in [3.63, 3.8) is 0 Å². The molecule has 0 spiro atoms. The summed E-state index contributed by atoms with van der Waals surface area (Å²) < 4.78 is 32.6. The summed E-state index contributed by atoms with van der Waals surface area (Å²) in [7, 11) is -3.82. The number of nitrogens with one attached hydrogen (secondary N) is 2. The molecule has 1 atom stereocenters. The lowest BCUT2D eigenvalue weighted by molar-refractivity contribution is -0.139. The number of carbonyl (C=O) groups is 2. The van der Waals surface area contributed by atoms with Gasteiger partial charge in [0.05, 0.1) is 41.0 Å². The van der Waals surface area contributed by atoms with E-state index < -0.39 is 28.1 Å². The van der Waals surface area contributed by atoms with Crippen molar-refractivity contribution in [1.29, 1.82) is 0 Å². The van der Waals surface area contributed by atoms with E-state index >= 15 is 0 Å². The smallest absolute Gasteiger partial charge is 0.337 e. The first-order valence-electron chi connectivity index (χ1n) is 8.86. The SMILES string of the molecule is CCOC(=O)C1=C(CN2c3cccc4cccc(c34)S2(=O)=O)NC(=O)N[C@@H]1C. The molecule has 0 saturated heterocycles. The quantitative estimate of drug-likeness (QED) is 0.761. The number of urea groups is 1. The van der Waals surface area contributed by atoms with E-state index in [0.29, 0.717) is 11.1 Å². The number of ether oxygens (including phenoxy) is 1. The van der Waals surface area contributed by atoms with Crippen molar-refractivity contribution in [3.8, 4) is 0 Å². The molecule has 0 unspecified atom stereocenters. The molecule has 9 heteroatoms. The molecule has 0 radical (unpaired) electrons. The number of hydrogen-bond donors (Lipinski definition) is 2. The summed E-state index contributed by atoms with van der Waals surface area (Å²) in [6, 6.07) is 9.34. The van der Waals surface area contributed by atoms with Crippen LogP contribution in [-0.4, -0.2) is 39.6 Å². The minimum absolute atomic E-state index is 0.170. The molecule has 2 amide bonds. The summed E-state index contributed by atoms with van der Waals surface area (Å²) in [6.45, 7) is 3.32. The van der Waals surface area contributed by atoms with Gasteiger partial charge >= 0.3 is 12.0 Å². The van der Waals surface area contributed by atoms with Crippen LogP contribution < -0.4 is 14.9 Å². The highest BCUT2D eigenvalue weighted by molar-refractivity contribution is 7.93. The Morgan fingerprint density at radius 3 is 2.64 bits per heavy atom. The normalized spacial score (nSPS) is 20.1. The molecule has 0 fully saturated rings. The number of benzene rings is 2. The van der Waals surface area contributed by atoms with Crippen LogP contribution in [-0.2, 0) is 19.6 Å². The fourth-order valence-electron chi connectivity index (χ4n) is 3.68. The van der Waals surface area contributed by atoms with Gasteiger partial charge in [-0.3, -0.25) is 4.31 Å². The molecule has 0 aliphatic carbocycles. The summed E-state index contributed by atoms with van der Waals surface area (Å²) in [4.78, 5) is 24.6. The third-order valence-corrected chi connectivity index (χ3v) is 6.65. The number of hydrogen-bond acceptors (Lipinski definition) is 5. The Morgan fingerprint density at radius 1 is 1.21 bits per heavy atom. The van der Waals surface area contributed by atoms with Crippen LogP contribution in [0.2, 0.25) is 0 Å². The standard InChI is InChI=1S/C19H19N3O5S/c1-3-27-18(23)16-11(2)20-19(24)21-13(16)10-22-14-8-4-6-12-7-5-9-15(17(12)14)28(22,25)26/h4-9,11H,3,10H2,1-2H3,(H2,20,21,24)/t11-/m1/s1.